The lowest BCUT2D eigenvalue weighted by atomic mass is 10.4. The molecule has 68 valence electrons. The van der Waals surface area contributed by atoms with E-state index in [2.05, 4.69) is 23.9 Å². The van der Waals surface area contributed by atoms with Gasteiger partial charge in [0.2, 0.25) is 0 Å². The number of rotatable bonds is 4. The molecule has 1 rings (SSSR count). The van der Waals surface area contributed by atoms with E-state index in [-0.39, 0.29) is 0 Å². The largest absolute Gasteiger partial charge is 0.329 e. The molecule has 0 bridgehead atoms. The minimum atomic E-state index is 0.625. The maximum absolute atomic E-state index is 5.45. The molecule has 0 fully saturated rings. The van der Waals surface area contributed by atoms with Crippen LogP contribution in [0.2, 0.25) is 0 Å². The van der Waals surface area contributed by atoms with Gasteiger partial charge in [-0.15, -0.1) is 0 Å². The van der Waals surface area contributed by atoms with Crippen molar-refractivity contribution in [3.63, 3.8) is 0 Å². The maximum Gasteiger partial charge on any atom is 0.150 e. The Bertz CT molecular complexity index is 241. The summed E-state index contributed by atoms with van der Waals surface area (Å²) in [6.45, 7) is 5.54. The van der Waals surface area contributed by atoms with Gasteiger partial charge in [-0.2, -0.15) is 5.10 Å². The summed E-state index contributed by atoms with van der Waals surface area (Å²) in [5.41, 5.74) is 5.45. The molecule has 0 aliphatic rings. The van der Waals surface area contributed by atoms with Crippen LogP contribution in [0.1, 0.15) is 25.5 Å². The van der Waals surface area contributed by atoms with Crippen molar-refractivity contribution in [2.75, 3.05) is 6.54 Å². The monoisotopic (exact) mass is 168 g/mol. The first-order chi connectivity index (χ1) is 5.81. The standard InChI is InChI=1S/C8H16N4/c1-3-7-10-8(4-2)12(11-7)6-5-9/h3-6,9H2,1-2H3. The Hall–Kier alpha value is -0.900. The van der Waals surface area contributed by atoms with Gasteiger partial charge < -0.3 is 5.73 Å². The average molecular weight is 168 g/mol. The molecule has 1 aromatic rings. The zero-order chi connectivity index (χ0) is 8.97. The number of nitrogens with two attached hydrogens (primary N) is 1. The molecule has 0 saturated heterocycles. The lowest BCUT2D eigenvalue weighted by molar-refractivity contribution is 0.587. The molecule has 2 N–H and O–H groups in total. The fourth-order valence-corrected chi connectivity index (χ4v) is 1.14. The predicted molar refractivity (Wildman–Crippen MR) is 47.8 cm³/mol. The van der Waals surface area contributed by atoms with E-state index in [1.807, 2.05) is 4.68 Å². The third kappa shape index (κ3) is 1.82. The van der Waals surface area contributed by atoms with E-state index in [0.29, 0.717) is 6.54 Å². The Morgan fingerprint density at radius 2 is 2.08 bits per heavy atom. The zero-order valence-electron chi connectivity index (χ0n) is 7.75. The molecule has 0 spiro atoms. The molecule has 4 heteroatoms. The molecule has 0 unspecified atom stereocenters. The van der Waals surface area contributed by atoms with Gasteiger partial charge in [0.1, 0.15) is 5.82 Å². The van der Waals surface area contributed by atoms with Crippen molar-refractivity contribution in [3.8, 4) is 0 Å². The zero-order valence-corrected chi connectivity index (χ0v) is 7.75. The van der Waals surface area contributed by atoms with Crippen molar-refractivity contribution in [2.45, 2.75) is 33.2 Å². The van der Waals surface area contributed by atoms with Crippen LogP contribution in [0.3, 0.4) is 0 Å². The number of hydrogen-bond acceptors (Lipinski definition) is 3. The number of aryl methyl sites for hydroxylation is 2. The first kappa shape index (κ1) is 9.19. The fraction of sp³-hybridized carbons (Fsp3) is 0.750. The molecule has 0 aromatic carbocycles. The normalized spacial score (nSPS) is 10.6. The molecule has 12 heavy (non-hydrogen) atoms. The van der Waals surface area contributed by atoms with Gasteiger partial charge in [0, 0.05) is 19.4 Å². The van der Waals surface area contributed by atoms with Crippen LogP contribution in [0.25, 0.3) is 0 Å². The van der Waals surface area contributed by atoms with Gasteiger partial charge in [-0.05, 0) is 0 Å². The average Bonchev–Trinajstić information content (AvgIpc) is 2.48. The Balaban J connectivity index is 2.84. The highest BCUT2D eigenvalue weighted by atomic mass is 15.3. The Morgan fingerprint density at radius 3 is 2.58 bits per heavy atom. The summed E-state index contributed by atoms with van der Waals surface area (Å²) in [7, 11) is 0. The summed E-state index contributed by atoms with van der Waals surface area (Å²) >= 11 is 0. The number of hydrogen-bond donors (Lipinski definition) is 1. The van der Waals surface area contributed by atoms with Crippen molar-refractivity contribution < 1.29 is 0 Å². The van der Waals surface area contributed by atoms with Gasteiger partial charge in [0.05, 0.1) is 6.54 Å². The van der Waals surface area contributed by atoms with Crippen molar-refractivity contribution in [3.05, 3.63) is 11.6 Å². The van der Waals surface area contributed by atoms with E-state index in [4.69, 9.17) is 5.73 Å². The molecule has 0 atom stereocenters. The van der Waals surface area contributed by atoms with Crippen molar-refractivity contribution in [2.24, 2.45) is 5.73 Å². The second kappa shape index (κ2) is 4.21. The highest BCUT2D eigenvalue weighted by molar-refractivity contribution is 4.92. The third-order valence-corrected chi connectivity index (χ3v) is 1.77. The molecule has 0 amide bonds. The van der Waals surface area contributed by atoms with Gasteiger partial charge in [0.25, 0.3) is 0 Å². The smallest absolute Gasteiger partial charge is 0.150 e. The summed E-state index contributed by atoms with van der Waals surface area (Å²) in [4.78, 5) is 4.36. The van der Waals surface area contributed by atoms with E-state index >= 15 is 0 Å². The quantitative estimate of drug-likeness (QED) is 0.706. The van der Waals surface area contributed by atoms with Crippen LogP contribution in [-0.2, 0) is 19.4 Å². The molecular weight excluding hydrogens is 152 g/mol. The summed E-state index contributed by atoms with van der Waals surface area (Å²) in [5, 5.41) is 4.31. The highest BCUT2D eigenvalue weighted by Crippen LogP contribution is 1.99. The minimum Gasteiger partial charge on any atom is -0.329 e. The Kier molecular flexibility index (Phi) is 3.22. The van der Waals surface area contributed by atoms with E-state index in [0.717, 1.165) is 31.0 Å². The summed E-state index contributed by atoms with van der Waals surface area (Å²) in [6, 6.07) is 0. The van der Waals surface area contributed by atoms with E-state index in [1.165, 1.54) is 0 Å². The molecular formula is C8H16N4. The maximum atomic E-state index is 5.45. The lowest BCUT2D eigenvalue weighted by Crippen LogP contribution is -2.13. The van der Waals surface area contributed by atoms with E-state index in [9.17, 15) is 0 Å². The Morgan fingerprint density at radius 1 is 1.33 bits per heavy atom. The predicted octanol–water partition coefficient (Wildman–Crippen LogP) is 0.362. The van der Waals surface area contributed by atoms with Gasteiger partial charge in [-0.25, -0.2) is 9.67 Å². The molecule has 0 radical (unpaired) electrons. The molecule has 1 aromatic heterocycles. The van der Waals surface area contributed by atoms with Gasteiger partial charge >= 0.3 is 0 Å². The molecule has 0 aliphatic carbocycles. The van der Waals surface area contributed by atoms with Crippen LogP contribution in [0, 0.1) is 0 Å². The van der Waals surface area contributed by atoms with Gasteiger partial charge in [-0.3, -0.25) is 0 Å². The second-order valence-corrected chi connectivity index (χ2v) is 2.66. The minimum absolute atomic E-state index is 0.625. The molecule has 4 nitrogen and oxygen atoms in total. The molecule has 1 heterocycles. The third-order valence-electron chi connectivity index (χ3n) is 1.77. The van der Waals surface area contributed by atoms with Crippen molar-refractivity contribution in [1.82, 2.24) is 14.8 Å². The van der Waals surface area contributed by atoms with Crippen LogP contribution >= 0.6 is 0 Å². The van der Waals surface area contributed by atoms with Gasteiger partial charge in [0.15, 0.2) is 5.82 Å². The molecule has 0 aliphatic heterocycles. The first-order valence-corrected chi connectivity index (χ1v) is 4.44. The van der Waals surface area contributed by atoms with Crippen molar-refractivity contribution in [1.29, 1.82) is 0 Å². The topological polar surface area (TPSA) is 56.7 Å². The molecule has 0 saturated carbocycles. The first-order valence-electron chi connectivity index (χ1n) is 4.44. The van der Waals surface area contributed by atoms with Crippen LogP contribution < -0.4 is 5.73 Å². The van der Waals surface area contributed by atoms with Crippen LogP contribution in [-0.4, -0.2) is 21.3 Å². The Labute approximate surface area is 72.8 Å². The van der Waals surface area contributed by atoms with Gasteiger partial charge in [-0.1, -0.05) is 13.8 Å². The second-order valence-electron chi connectivity index (χ2n) is 2.66. The number of aromatic nitrogens is 3. The summed E-state index contributed by atoms with van der Waals surface area (Å²) in [6.07, 6.45) is 1.82. The lowest BCUT2D eigenvalue weighted by Gasteiger charge is -1.99. The SMILES string of the molecule is CCc1nc(CC)n(CCN)n1. The van der Waals surface area contributed by atoms with E-state index in [1.54, 1.807) is 0 Å². The van der Waals surface area contributed by atoms with Crippen LogP contribution in [0.4, 0.5) is 0 Å². The number of nitrogens with zero attached hydrogens (tertiary/aromatic N) is 3. The van der Waals surface area contributed by atoms with E-state index < -0.39 is 0 Å². The summed E-state index contributed by atoms with van der Waals surface area (Å²) in [5.74, 6) is 1.96. The summed E-state index contributed by atoms with van der Waals surface area (Å²) < 4.78 is 1.90. The van der Waals surface area contributed by atoms with Crippen LogP contribution in [0.5, 0.6) is 0 Å². The fourth-order valence-electron chi connectivity index (χ4n) is 1.14. The van der Waals surface area contributed by atoms with Crippen molar-refractivity contribution >= 4 is 0 Å². The highest BCUT2D eigenvalue weighted by Gasteiger charge is 2.04. The van der Waals surface area contributed by atoms with Crippen LogP contribution in [0.15, 0.2) is 0 Å².